The van der Waals surface area contributed by atoms with Crippen LogP contribution in [0.25, 0.3) is 0 Å². The number of carbonyl (C=O) groups excluding carboxylic acids is 1. The van der Waals surface area contributed by atoms with Gasteiger partial charge in [-0.2, -0.15) is 0 Å². The van der Waals surface area contributed by atoms with E-state index >= 15 is 0 Å². The normalized spacial score (nSPS) is 17.5. The molecule has 0 saturated carbocycles. The lowest BCUT2D eigenvalue weighted by atomic mass is 10.0. The molecule has 1 fully saturated rings. The van der Waals surface area contributed by atoms with Crippen molar-refractivity contribution in [2.75, 3.05) is 25.2 Å². The summed E-state index contributed by atoms with van der Waals surface area (Å²) in [5, 5.41) is 0. The number of ether oxygens (including phenoxy) is 3. The highest BCUT2D eigenvalue weighted by Gasteiger charge is 2.39. The Balaban J connectivity index is 1.36. The minimum absolute atomic E-state index is 0.0677. The van der Waals surface area contributed by atoms with E-state index < -0.39 is 5.60 Å². The number of hydroxylamine groups is 1. The van der Waals surface area contributed by atoms with Crippen LogP contribution >= 0.6 is 0 Å². The van der Waals surface area contributed by atoms with Crippen molar-refractivity contribution in [1.82, 2.24) is 5.48 Å². The van der Waals surface area contributed by atoms with E-state index in [0.717, 1.165) is 37.3 Å². The van der Waals surface area contributed by atoms with E-state index in [1.54, 1.807) is 25.8 Å². The molecule has 1 saturated heterocycles. The fourth-order valence-electron chi connectivity index (χ4n) is 3.59. The van der Waals surface area contributed by atoms with Gasteiger partial charge in [0.15, 0.2) is 11.4 Å². The monoisotopic (exact) mass is 424 g/mol. The maximum Gasteiger partial charge on any atom is 0.270 e. The third-order valence-electron chi connectivity index (χ3n) is 5.36. The average molecular weight is 424 g/mol. The molecule has 2 aromatic carbocycles. The molecule has 31 heavy (non-hydrogen) atoms. The molecule has 4 rings (SSSR count). The first-order valence-corrected chi connectivity index (χ1v) is 10.4. The first-order valence-electron chi connectivity index (χ1n) is 10.4. The number of carbonyl (C=O) groups is 1. The Hall–Kier alpha value is -3.19. The van der Waals surface area contributed by atoms with Gasteiger partial charge in [-0.15, -0.1) is 0 Å². The minimum Gasteiger partial charge on any atom is -0.489 e. The summed E-state index contributed by atoms with van der Waals surface area (Å²) in [5.74, 6) is 1.97. The number of anilines is 1. The summed E-state index contributed by atoms with van der Waals surface area (Å²) >= 11 is 0. The van der Waals surface area contributed by atoms with Crippen LogP contribution in [0.2, 0.25) is 0 Å². The average Bonchev–Trinajstić information content (AvgIpc) is 2.77. The summed E-state index contributed by atoms with van der Waals surface area (Å²) in [6, 6.07) is 13.2. The second kappa shape index (κ2) is 8.89. The molecule has 0 spiro atoms. The summed E-state index contributed by atoms with van der Waals surface area (Å²) in [6.07, 6.45) is 3.74. The van der Waals surface area contributed by atoms with Gasteiger partial charge >= 0.3 is 0 Å². The van der Waals surface area contributed by atoms with Crippen molar-refractivity contribution in [3.05, 3.63) is 59.8 Å². The Morgan fingerprint density at radius 3 is 2.71 bits per heavy atom. The van der Waals surface area contributed by atoms with E-state index in [-0.39, 0.29) is 5.91 Å². The number of fused-ring (bicyclic) bond motifs is 1. The highest BCUT2D eigenvalue weighted by atomic mass is 16.6. The summed E-state index contributed by atoms with van der Waals surface area (Å²) in [5.41, 5.74) is 5.00. The Kier molecular flexibility index (Phi) is 6.04. The molecule has 0 radical (unpaired) electrons. The van der Waals surface area contributed by atoms with Gasteiger partial charge in [0.2, 0.25) is 0 Å². The third kappa shape index (κ3) is 4.94. The lowest BCUT2D eigenvalue weighted by Crippen LogP contribution is -2.50. The van der Waals surface area contributed by atoms with Crippen molar-refractivity contribution >= 4 is 11.6 Å². The van der Waals surface area contributed by atoms with Crippen molar-refractivity contribution < 1.29 is 23.8 Å². The molecule has 0 unspecified atom stereocenters. The zero-order valence-corrected chi connectivity index (χ0v) is 18.1. The molecule has 2 aliphatic heterocycles. The van der Waals surface area contributed by atoms with Crippen molar-refractivity contribution in [3.8, 4) is 17.2 Å². The SMILES string of the molecule is CN1C(=O)C(C)(C)Oc2cc(COc3cccc(ONC=C4CCOCC4)c3)ccc21. The number of likely N-dealkylation sites (N-methyl/N-ethyl adjacent to an activating group) is 1. The Morgan fingerprint density at radius 2 is 1.90 bits per heavy atom. The van der Waals surface area contributed by atoms with E-state index in [4.69, 9.17) is 19.0 Å². The molecule has 1 N–H and O–H groups in total. The number of nitrogens with zero attached hydrogens (tertiary/aromatic N) is 1. The maximum atomic E-state index is 12.4. The molecule has 0 aliphatic carbocycles. The molecule has 7 heteroatoms. The van der Waals surface area contributed by atoms with Gasteiger partial charge in [0.05, 0.1) is 18.9 Å². The Morgan fingerprint density at radius 1 is 1.13 bits per heavy atom. The van der Waals surface area contributed by atoms with Gasteiger partial charge in [-0.05, 0) is 62.1 Å². The smallest absolute Gasteiger partial charge is 0.270 e. The Bertz CT molecular complexity index is 978. The van der Waals surface area contributed by atoms with E-state index in [0.29, 0.717) is 23.9 Å². The first kappa shape index (κ1) is 21.1. The molecule has 0 bridgehead atoms. The molecular weight excluding hydrogens is 396 g/mol. The lowest BCUT2D eigenvalue weighted by molar-refractivity contribution is -0.132. The summed E-state index contributed by atoms with van der Waals surface area (Å²) in [6.45, 7) is 5.43. The van der Waals surface area contributed by atoms with Crippen LogP contribution in [0.5, 0.6) is 17.2 Å². The Labute approximate surface area is 182 Å². The van der Waals surface area contributed by atoms with Crippen LogP contribution in [0, 0.1) is 0 Å². The van der Waals surface area contributed by atoms with Crippen LogP contribution in [0.15, 0.2) is 54.2 Å². The highest BCUT2D eigenvalue weighted by Crippen LogP contribution is 2.37. The van der Waals surface area contributed by atoms with Crippen molar-refractivity contribution in [3.63, 3.8) is 0 Å². The molecule has 7 nitrogen and oxygen atoms in total. The largest absolute Gasteiger partial charge is 0.489 e. The van der Waals surface area contributed by atoms with Crippen LogP contribution < -0.4 is 24.7 Å². The predicted octanol–water partition coefficient (Wildman–Crippen LogP) is 3.98. The van der Waals surface area contributed by atoms with E-state index in [2.05, 4.69) is 5.48 Å². The van der Waals surface area contributed by atoms with Crippen LogP contribution in [0.1, 0.15) is 32.3 Å². The fraction of sp³-hybridized carbons (Fsp3) is 0.375. The zero-order chi connectivity index (χ0) is 21.8. The summed E-state index contributed by atoms with van der Waals surface area (Å²) in [4.78, 5) is 19.6. The predicted molar refractivity (Wildman–Crippen MR) is 117 cm³/mol. The number of hydrogen-bond acceptors (Lipinski definition) is 6. The van der Waals surface area contributed by atoms with Crippen molar-refractivity contribution in [2.45, 2.75) is 38.9 Å². The second-order valence-electron chi connectivity index (χ2n) is 8.18. The minimum atomic E-state index is -0.889. The highest BCUT2D eigenvalue weighted by molar-refractivity contribution is 6.01. The second-order valence-corrected chi connectivity index (χ2v) is 8.18. The van der Waals surface area contributed by atoms with Gasteiger partial charge in [0.1, 0.15) is 18.1 Å². The molecule has 2 aliphatic rings. The molecule has 1 amide bonds. The number of rotatable bonds is 6. The molecule has 0 atom stereocenters. The molecule has 0 aromatic heterocycles. The zero-order valence-electron chi connectivity index (χ0n) is 18.1. The first-order chi connectivity index (χ1) is 14.9. The van der Waals surface area contributed by atoms with E-state index in [1.807, 2.05) is 48.7 Å². The van der Waals surface area contributed by atoms with Gasteiger partial charge in [-0.1, -0.05) is 12.1 Å². The molecule has 2 aromatic rings. The molecule has 164 valence electrons. The third-order valence-corrected chi connectivity index (χ3v) is 5.36. The van der Waals surface area contributed by atoms with Crippen LogP contribution in [0.3, 0.4) is 0 Å². The quantitative estimate of drug-likeness (QED) is 0.708. The van der Waals surface area contributed by atoms with Crippen LogP contribution in [0.4, 0.5) is 5.69 Å². The van der Waals surface area contributed by atoms with Gasteiger partial charge in [0, 0.05) is 19.3 Å². The number of hydrogen-bond donors (Lipinski definition) is 1. The maximum absolute atomic E-state index is 12.4. The van der Waals surface area contributed by atoms with E-state index in [9.17, 15) is 4.79 Å². The molecular formula is C24H28N2O5. The van der Waals surface area contributed by atoms with Gasteiger partial charge in [-0.3, -0.25) is 4.79 Å². The van der Waals surface area contributed by atoms with Gasteiger partial charge in [-0.25, -0.2) is 5.48 Å². The van der Waals surface area contributed by atoms with Crippen LogP contribution in [-0.2, 0) is 16.1 Å². The molecule has 2 heterocycles. The van der Waals surface area contributed by atoms with E-state index in [1.165, 1.54) is 5.57 Å². The standard InChI is InChI=1S/C24H28N2O5/c1-24(2)23(27)26(3)21-8-7-18(13-22(21)30-24)16-29-19-5-4-6-20(14-19)31-25-15-17-9-11-28-12-10-17/h4-8,13-15,25H,9-12,16H2,1-3H3. The summed E-state index contributed by atoms with van der Waals surface area (Å²) < 4.78 is 17.2. The lowest BCUT2D eigenvalue weighted by Gasteiger charge is -2.37. The topological polar surface area (TPSA) is 69.3 Å². The van der Waals surface area contributed by atoms with Crippen molar-refractivity contribution in [1.29, 1.82) is 0 Å². The van der Waals surface area contributed by atoms with Gasteiger partial charge < -0.3 is 23.9 Å². The van der Waals surface area contributed by atoms with Crippen LogP contribution in [-0.4, -0.2) is 31.8 Å². The number of amides is 1. The number of benzene rings is 2. The van der Waals surface area contributed by atoms with Crippen molar-refractivity contribution in [2.24, 2.45) is 0 Å². The number of nitrogens with one attached hydrogen (secondary N) is 1. The van der Waals surface area contributed by atoms with Gasteiger partial charge in [0.25, 0.3) is 5.91 Å². The fourth-order valence-corrected chi connectivity index (χ4v) is 3.59. The summed E-state index contributed by atoms with van der Waals surface area (Å²) in [7, 11) is 1.76.